The largest absolute Gasteiger partial charge is 0.413 e. The molecule has 0 aliphatic rings. The zero-order chi connectivity index (χ0) is 17.4. The average Bonchev–Trinajstić information content (AvgIpc) is 2.74. The number of halogens is 4. The zero-order valence-electron chi connectivity index (χ0n) is 12.7. The number of carbonyl (C=O) groups excluding carboxylic acids is 1. The summed E-state index contributed by atoms with van der Waals surface area (Å²) in [6.07, 6.45) is -4.62. The minimum absolute atomic E-state index is 0.0281. The molecule has 0 bridgehead atoms. The Bertz CT molecular complexity index is 713. The van der Waals surface area contributed by atoms with Crippen molar-refractivity contribution in [1.82, 2.24) is 14.7 Å². The molecule has 4 nitrogen and oxygen atoms in total. The summed E-state index contributed by atoms with van der Waals surface area (Å²) in [6, 6.07) is 5.17. The lowest BCUT2D eigenvalue weighted by atomic mass is 10.0. The minimum Gasteiger partial charge on any atom is -0.324 e. The summed E-state index contributed by atoms with van der Waals surface area (Å²) in [4.78, 5) is 13.1. The third kappa shape index (κ3) is 3.34. The summed E-state index contributed by atoms with van der Waals surface area (Å²) in [6.45, 7) is 1.63. The van der Waals surface area contributed by atoms with Gasteiger partial charge in [-0.25, -0.2) is 0 Å². The van der Waals surface area contributed by atoms with E-state index in [0.717, 1.165) is 7.05 Å². The summed E-state index contributed by atoms with van der Waals surface area (Å²) in [5.41, 5.74) is 0.283. The van der Waals surface area contributed by atoms with Crippen molar-refractivity contribution in [3.8, 4) is 0 Å². The van der Waals surface area contributed by atoms with Gasteiger partial charge in [-0.3, -0.25) is 9.48 Å². The van der Waals surface area contributed by atoms with Crippen LogP contribution >= 0.6 is 11.6 Å². The van der Waals surface area contributed by atoms with Crippen LogP contribution in [0.25, 0.3) is 0 Å². The standard InChI is InChI=1S/C15H15ClF3N3O/c1-9-11(16)12(20-22(9)3)14(23)21(2)13(15(17,18)19)10-7-5-4-6-8-10/h4-8,13H,1-3H3. The van der Waals surface area contributed by atoms with E-state index in [9.17, 15) is 18.0 Å². The smallest absolute Gasteiger partial charge is 0.324 e. The molecule has 0 aliphatic heterocycles. The predicted molar refractivity (Wildman–Crippen MR) is 80.3 cm³/mol. The van der Waals surface area contributed by atoms with Crippen molar-refractivity contribution in [2.75, 3.05) is 7.05 Å². The summed E-state index contributed by atoms with van der Waals surface area (Å²) in [7, 11) is 2.66. The molecule has 1 heterocycles. The predicted octanol–water partition coefficient (Wildman–Crippen LogP) is 3.76. The van der Waals surface area contributed by atoms with Crippen LogP contribution in [0, 0.1) is 6.92 Å². The lowest BCUT2D eigenvalue weighted by Crippen LogP contribution is -2.40. The number of nitrogens with zero attached hydrogens (tertiary/aromatic N) is 3. The number of carbonyl (C=O) groups is 1. The minimum atomic E-state index is -4.62. The van der Waals surface area contributed by atoms with Crippen molar-refractivity contribution in [2.45, 2.75) is 19.1 Å². The highest BCUT2D eigenvalue weighted by Gasteiger charge is 2.46. The number of aromatic nitrogens is 2. The van der Waals surface area contributed by atoms with E-state index in [1.807, 2.05) is 0 Å². The molecule has 2 rings (SSSR count). The fourth-order valence-corrected chi connectivity index (χ4v) is 2.51. The molecule has 2 aromatic rings. The van der Waals surface area contributed by atoms with Gasteiger partial charge in [0.15, 0.2) is 11.7 Å². The Morgan fingerprint density at radius 1 is 1.30 bits per heavy atom. The van der Waals surface area contributed by atoms with Crippen LogP contribution in [0.3, 0.4) is 0 Å². The van der Waals surface area contributed by atoms with Gasteiger partial charge in [-0.05, 0) is 12.5 Å². The van der Waals surface area contributed by atoms with Crippen molar-refractivity contribution >= 4 is 17.5 Å². The van der Waals surface area contributed by atoms with Crippen LogP contribution in [0.15, 0.2) is 30.3 Å². The summed E-state index contributed by atoms with van der Waals surface area (Å²) < 4.78 is 41.8. The third-order valence-corrected chi connectivity index (χ3v) is 4.05. The zero-order valence-corrected chi connectivity index (χ0v) is 13.5. The molecule has 8 heteroatoms. The molecular weight excluding hydrogens is 331 g/mol. The van der Waals surface area contributed by atoms with Gasteiger partial charge in [0, 0.05) is 14.1 Å². The van der Waals surface area contributed by atoms with E-state index in [2.05, 4.69) is 5.10 Å². The first kappa shape index (κ1) is 17.3. The molecule has 0 spiro atoms. The van der Waals surface area contributed by atoms with Crippen LogP contribution in [0.1, 0.15) is 27.8 Å². The van der Waals surface area contributed by atoms with Gasteiger partial charge in [0.2, 0.25) is 0 Å². The molecule has 124 valence electrons. The van der Waals surface area contributed by atoms with E-state index < -0.39 is 18.1 Å². The van der Waals surface area contributed by atoms with Gasteiger partial charge < -0.3 is 4.90 Å². The fourth-order valence-electron chi connectivity index (χ4n) is 2.27. The van der Waals surface area contributed by atoms with E-state index in [0.29, 0.717) is 10.6 Å². The molecule has 23 heavy (non-hydrogen) atoms. The average molecular weight is 346 g/mol. The molecule has 1 amide bonds. The van der Waals surface area contributed by atoms with E-state index in [-0.39, 0.29) is 16.3 Å². The first-order valence-electron chi connectivity index (χ1n) is 6.72. The summed E-state index contributed by atoms with van der Waals surface area (Å²) in [5.74, 6) is -0.884. The Labute approximate surface area is 136 Å². The molecule has 0 saturated heterocycles. The SMILES string of the molecule is Cc1c(Cl)c(C(=O)N(C)C(c2ccccc2)C(F)(F)F)nn1C. The first-order valence-corrected chi connectivity index (χ1v) is 7.10. The Morgan fingerprint density at radius 3 is 2.30 bits per heavy atom. The van der Waals surface area contributed by atoms with Crippen LogP contribution in [0.4, 0.5) is 13.2 Å². The number of alkyl halides is 3. The highest BCUT2D eigenvalue weighted by atomic mass is 35.5. The lowest BCUT2D eigenvalue weighted by Gasteiger charge is -2.30. The number of rotatable bonds is 3. The molecule has 0 saturated carbocycles. The maximum atomic E-state index is 13.5. The van der Waals surface area contributed by atoms with Crippen molar-refractivity contribution in [2.24, 2.45) is 7.05 Å². The topological polar surface area (TPSA) is 38.1 Å². The molecule has 0 N–H and O–H groups in total. The van der Waals surface area contributed by atoms with Crippen LogP contribution in [-0.4, -0.2) is 33.8 Å². The van der Waals surface area contributed by atoms with E-state index >= 15 is 0 Å². The first-order chi connectivity index (χ1) is 10.6. The van der Waals surface area contributed by atoms with E-state index in [4.69, 9.17) is 11.6 Å². The highest BCUT2D eigenvalue weighted by Crippen LogP contribution is 2.38. The van der Waals surface area contributed by atoms with Gasteiger partial charge in [-0.1, -0.05) is 41.9 Å². The molecular formula is C15H15ClF3N3O. The van der Waals surface area contributed by atoms with Gasteiger partial charge in [0.25, 0.3) is 5.91 Å². The van der Waals surface area contributed by atoms with Gasteiger partial charge >= 0.3 is 6.18 Å². The normalized spacial score (nSPS) is 13.0. The second-order valence-corrected chi connectivity index (χ2v) is 5.52. The maximum absolute atomic E-state index is 13.5. The Kier molecular flexibility index (Phi) is 4.70. The summed E-state index contributed by atoms with van der Waals surface area (Å²) >= 11 is 6.01. The van der Waals surface area contributed by atoms with Crippen molar-refractivity contribution in [3.05, 3.63) is 52.3 Å². The van der Waals surface area contributed by atoms with E-state index in [1.165, 1.54) is 28.9 Å². The summed E-state index contributed by atoms with van der Waals surface area (Å²) in [5, 5.41) is 3.97. The molecule has 1 aromatic heterocycles. The Morgan fingerprint density at radius 2 is 1.87 bits per heavy atom. The van der Waals surface area contributed by atoms with Crippen molar-refractivity contribution < 1.29 is 18.0 Å². The van der Waals surface area contributed by atoms with Crippen molar-refractivity contribution in [1.29, 1.82) is 0 Å². The molecule has 1 unspecified atom stereocenters. The van der Waals surface area contributed by atoms with E-state index in [1.54, 1.807) is 20.0 Å². The maximum Gasteiger partial charge on any atom is 0.413 e. The monoisotopic (exact) mass is 345 g/mol. The van der Waals surface area contributed by atoms with Gasteiger partial charge in [-0.2, -0.15) is 18.3 Å². The second-order valence-electron chi connectivity index (χ2n) is 5.14. The number of amides is 1. The van der Waals surface area contributed by atoms with Crippen LogP contribution in [0.2, 0.25) is 5.02 Å². The number of hydrogen-bond acceptors (Lipinski definition) is 2. The third-order valence-electron chi connectivity index (χ3n) is 3.60. The number of aryl methyl sites for hydroxylation is 1. The van der Waals surface area contributed by atoms with Crippen LogP contribution in [-0.2, 0) is 7.05 Å². The van der Waals surface area contributed by atoms with Crippen LogP contribution < -0.4 is 0 Å². The van der Waals surface area contributed by atoms with Crippen LogP contribution in [0.5, 0.6) is 0 Å². The van der Waals surface area contributed by atoms with Gasteiger partial charge in [0.1, 0.15) is 0 Å². The molecule has 1 atom stereocenters. The molecule has 0 radical (unpaired) electrons. The molecule has 0 aliphatic carbocycles. The number of benzene rings is 1. The Balaban J connectivity index is 2.43. The van der Waals surface area contributed by atoms with Gasteiger partial charge in [-0.15, -0.1) is 0 Å². The molecule has 1 aromatic carbocycles. The fraction of sp³-hybridized carbons (Fsp3) is 0.333. The number of hydrogen-bond donors (Lipinski definition) is 0. The highest BCUT2D eigenvalue weighted by molar-refractivity contribution is 6.34. The molecule has 0 fully saturated rings. The Hall–Kier alpha value is -2.02. The van der Waals surface area contributed by atoms with Crippen molar-refractivity contribution in [3.63, 3.8) is 0 Å². The lowest BCUT2D eigenvalue weighted by molar-refractivity contribution is -0.176. The quantitative estimate of drug-likeness (QED) is 0.849. The second kappa shape index (κ2) is 6.23. The van der Waals surface area contributed by atoms with Gasteiger partial charge in [0.05, 0.1) is 10.7 Å².